The highest BCUT2D eigenvalue weighted by Gasteiger charge is 2.10. The van der Waals surface area contributed by atoms with Crippen LogP contribution in [-0.2, 0) is 0 Å². The quantitative estimate of drug-likeness (QED) is 0.721. The molecule has 0 bridgehead atoms. The van der Waals surface area contributed by atoms with Crippen LogP contribution in [0.4, 0.5) is 0 Å². The molecular weight excluding hydrogens is 259 g/mol. The van der Waals surface area contributed by atoms with E-state index in [4.69, 9.17) is 10.0 Å². The number of hydrogen-bond acceptors (Lipinski definition) is 2. The molecule has 0 aromatic heterocycles. The lowest BCUT2D eigenvalue weighted by Gasteiger charge is -2.07. The van der Waals surface area contributed by atoms with Crippen LogP contribution in [0.15, 0.2) is 78.9 Å². The summed E-state index contributed by atoms with van der Waals surface area (Å²) < 4.78 is 0. The van der Waals surface area contributed by atoms with E-state index in [2.05, 4.69) is 30.3 Å². The van der Waals surface area contributed by atoms with Gasteiger partial charge in [-0.25, -0.2) is 0 Å². The highest BCUT2D eigenvalue weighted by atomic mass is 16.4. The van der Waals surface area contributed by atoms with Crippen molar-refractivity contribution in [2.45, 2.75) is 0 Å². The van der Waals surface area contributed by atoms with E-state index in [-0.39, 0.29) is 0 Å². The first-order valence-corrected chi connectivity index (χ1v) is 6.86. The normalized spacial score (nSPS) is 10.4. The van der Waals surface area contributed by atoms with Gasteiger partial charge in [0.05, 0.1) is 0 Å². The van der Waals surface area contributed by atoms with Crippen LogP contribution in [0.1, 0.15) is 0 Å². The van der Waals surface area contributed by atoms with Crippen LogP contribution in [-0.4, -0.2) is 17.2 Å². The van der Waals surface area contributed by atoms with Crippen LogP contribution in [0.5, 0.6) is 0 Å². The summed E-state index contributed by atoms with van der Waals surface area (Å²) in [4.78, 5) is 0. The topological polar surface area (TPSA) is 40.5 Å². The van der Waals surface area contributed by atoms with Crippen molar-refractivity contribution in [3.8, 4) is 22.3 Å². The Hall–Kier alpha value is -2.36. The Kier molecular flexibility index (Phi) is 3.86. The van der Waals surface area contributed by atoms with Crippen LogP contribution < -0.4 is 5.46 Å². The number of hydrogen-bond donors (Lipinski definition) is 2. The molecule has 0 heterocycles. The van der Waals surface area contributed by atoms with E-state index < -0.39 is 7.12 Å². The summed E-state index contributed by atoms with van der Waals surface area (Å²) in [7, 11) is -1.42. The summed E-state index contributed by atoms with van der Waals surface area (Å²) in [5.74, 6) is 0. The fourth-order valence-corrected chi connectivity index (χ4v) is 2.36. The van der Waals surface area contributed by atoms with Crippen molar-refractivity contribution in [1.82, 2.24) is 0 Å². The summed E-state index contributed by atoms with van der Waals surface area (Å²) in [5, 5.41) is 18.3. The van der Waals surface area contributed by atoms with Crippen LogP contribution in [0.25, 0.3) is 22.3 Å². The lowest BCUT2D eigenvalue weighted by molar-refractivity contribution is 0.426. The molecule has 0 unspecified atom stereocenters. The maximum Gasteiger partial charge on any atom is 0.488 e. The van der Waals surface area contributed by atoms with Crippen LogP contribution >= 0.6 is 0 Å². The van der Waals surface area contributed by atoms with Gasteiger partial charge in [0, 0.05) is 0 Å². The highest BCUT2D eigenvalue weighted by molar-refractivity contribution is 6.58. The first-order valence-electron chi connectivity index (χ1n) is 6.86. The highest BCUT2D eigenvalue weighted by Crippen LogP contribution is 2.25. The average Bonchev–Trinajstić information content (AvgIpc) is 2.56. The molecule has 0 aliphatic rings. The third-order valence-electron chi connectivity index (χ3n) is 3.51. The summed E-state index contributed by atoms with van der Waals surface area (Å²) in [6.07, 6.45) is 0. The van der Waals surface area contributed by atoms with E-state index in [0.717, 1.165) is 11.1 Å². The Bertz CT molecular complexity index is 722. The largest absolute Gasteiger partial charge is 0.488 e. The van der Waals surface area contributed by atoms with Gasteiger partial charge in [0.25, 0.3) is 0 Å². The zero-order valence-electron chi connectivity index (χ0n) is 11.5. The second-order valence-electron chi connectivity index (χ2n) is 4.94. The van der Waals surface area contributed by atoms with E-state index >= 15 is 0 Å². The van der Waals surface area contributed by atoms with Gasteiger partial charge >= 0.3 is 7.12 Å². The summed E-state index contributed by atoms with van der Waals surface area (Å²) in [6.45, 7) is 0. The molecule has 0 fully saturated rings. The first kappa shape index (κ1) is 13.6. The lowest BCUT2D eigenvalue weighted by atomic mass is 9.80. The van der Waals surface area contributed by atoms with E-state index in [1.165, 1.54) is 11.1 Å². The van der Waals surface area contributed by atoms with Crippen molar-refractivity contribution >= 4 is 12.6 Å². The molecule has 0 amide bonds. The maximum atomic E-state index is 9.13. The molecule has 0 atom stereocenters. The lowest BCUT2D eigenvalue weighted by Crippen LogP contribution is -2.29. The minimum absolute atomic E-state index is 0.498. The van der Waals surface area contributed by atoms with E-state index in [1.807, 2.05) is 36.4 Å². The monoisotopic (exact) mass is 274 g/mol. The van der Waals surface area contributed by atoms with Crippen molar-refractivity contribution < 1.29 is 10.0 Å². The Balaban J connectivity index is 1.96. The molecule has 2 nitrogen and oxygen atoms in total. The molecule has 3 aromatic carbocycles. The summed E-state index contributed by atoms with van der Waals surface area (Å²) in [5.41, 5.74) is 5.01. The Morgan fingerprint density at radius 3 is 1.62 bits per heavy atom. The maximum absolute atomic E-state index is 9.13. The molecule has 0 radical (unpaired) electrons. The molecule has 21 heavy (non-hydrogen) atoms. The fraction of sp³-hybridized carbons (Fsp3) is 0. The second kappa shape index (κ2) is 5.96. The molecule has 102 valence electrons. The van der Waals surface area contributed by atoms with Gasteiger partial charge in [0.1, 0.15) is 0 Å². The van der Waals surface area contributed by atoms with Gasteiger partial charge in [-0.2, -0.15) is 0 Å². The predicted molar refractivity (Wildman–Crippen MR) is 87.1 cm³/mol. The first-order chi connectivity index (χ1) is 10.2. The van der Waals surface area contributed by atoms with Crippen molar-refractivity contribution in [1.29, 1.82) is 0 Å². The zero-order chi connectivity index (χ0) is 14.7. The summed E-state index contributed by atoms with van der Waals surface area (Å²) in [6, 6.07) is 25.8. The van der Waals surface area contributed by atoms with Crippen LogP contribution in [0.3, 0.4) is 0 Å². The van der Waals surface area contributed by atoms with Crippen molar-refractivity contribution in [2.24, 2.45) is 0 Å². The molecular formula is C18H15BO2. The molecule has 3 aromatic rings. The second-order valence-corrected chi connectivity index (χ2v) is 4.94. The van der Waals surface area contributed by atoms with E-state index in [9.17, 15) is 0 Å². The van der Waals surface area contributed by atoms with Crippen molar-refractivity contribution in [3.63, 3.8) is 0 Å². The van der Waals surface area contributed by atoms with Crippen molar-refractivity contribution in [3.05, 3.63) is 78.9 Å². The molecule has 3 rings (SSSR count). The van der Waals surface area contributed by atoms with Gasteiger partial charge < -0.3 is 10.0 Å². The number of benzene rings is 3. The van der Waals surface area contributed by atoms with Gasteiger partial charge in [-0.3, -0.25) is 0 Å². The summed E-state index contributed by atoms with van der Waals surface area (Å²) >= 11 is 0. The van der Waals surface area contributed by atoms with Gasteiger partial charge in [0.2, 0.25) is 0 Å². The standard InChI is InChI=1S/C18H15BO2/c20-19(21)18-11-9-15(10-12-18)17-8-4-7-16(13-17)14-5-2-1-3-6-14/h1-13,20-21H. The van der Waals surface area contributed by atoms with Gasteiger partial charge in [-0.15, -0.1) is 0 Å². The molecule has 2 N–H and O–H groups in total. The Morgan fingerprint density at radius 1 is 0.524 bits per heavy atom. The minimum atomic E-state index is -1.42. The van der Waals surface area contributed by atoms with E-state index in [0.29, 0.717) is 5.46 Å². The Morgan fingerprint density at radius 2 is 1.05 bits per heavy atom. The van der Waals surface area contributed by atoms with Gasteiger partial charge in [-0.1, -0.05) is 72.8 Å². The van der Waals surface area contributed by atoms with Gasteiger partial charge in [-0.05, 0) is 33.8 Å². The fourth-order valence-electron chi connectivity index (χ4n) is 2.36. The smallest absolute Gasteiger partial charge is 0.423 e. The third kappa shape index (κ3) is 3.05. The molecule has 0 saturated heterocycles. The average molecular weight is 274 g/mol. The zero-order valence-corrected chi connectivity index (χ0v) is 11.5. The van der Waals surface area contributed by atoms with Crippen molar-refractivity contribution in [2.75, 3.05) is 0 Å². The van der Waals surface area contributed by atoms with Crippen LogP contribution in [0, 0.1) is 0 Å². The minimum Gasteiger partial charge on any atom is -0.423 e. The number of rotatable bonds is 3. The Labute approximate surface area is 124 Å². The third-order valence-corrected chi connectivity index (χ3v) is 3.51. The van der Waals surface area contributed by atoms with Crippen LogP contribution in [0.2, 0.25) is 0 Å². The predicted octanol–water partition coefficient (Wildman–Crippen LogP) is 2.70. The van der Waals surface area contributed by atoms with E-state index in [1.54, 1.807) is 12.1 Å². The molecule has 0 aliphatic heterocycles. The SMILES string of the molecule is OB(O)c1ccc(-c2cccc(-c3ccccc3)c2)cc1. The molecule has 0 aliphatic carbocycles. The molecule has 0 spiro atoms. The molecule has 0 saturated carbocycles. The molecule has 3 heteroatoms. The van der Waals surface area contributed by atoms with Gasteiger partial charge in [0.15, 0.2) is 0 Å².